The molecule has 2 N–H and O–H groups in total. The number of urea groups is 1. The maximum Gasteiger partial charge on any atom is 0.338 e. The molecule has 0 bridgehead atoms. The van der Waals surface area contributed by atoms with Crippen LogP contribution in [0.4, 0.5) is 16.3 Å². The van der Waals surface area contributed by atoms with E-state index in [-0.39, 0.29) is 0 Å². The van der Waals surface area contributed by atoms with Crippen LogP contribution in [0.2, 0.25) is 0 Å². The van der Waals surface area contributed by atoms with Crippen LogP contribution < -0.4 is 15.6 Å². The number of nitrogens with zero attached hydrogens (tertiary/aromatic N) is 9. The van der Waals surface area contributed by atoms with Crippen molar-refractivity contribution in [3.63, 3.8) is 0 Å². The van der Waals surface area contributed by atoms with Crippen molar-refractivity contribution >= 4 is 28.7 Å². The molecule has 4 aromatic rings. The van der Waals surface area contributed by atoms with E-state index < -0.39 is 6.03 Å². The minimum Gasteiger partial charge on any atom is -0.378 e. The first kappa shape index (κ1) is 19.8. The van der Waals surface area contributed by atoms with Gasteiger partial charge in [-0.25, -0.2) is 29.5 Å². The van der Waals surface area contributed by atoms with Crippen molar-refractivity contribution in [2.75, 3.05) is 41.9 Å². The van der Waals surface area contributed by atoms with Crippen molar-refractivity contribution in [1.82, 2.24) is 39.8 Å². The molecular weight excluding hydrogens is 414 g/mol. The molecular formula is C19H21N11O2. The number of ether oxygens (including phenoxy) is 1. The van der Waals surface area contributed by atoms with Crippen LogP contribution in [0.25, 0.3) is 22.6 Å². The first-order valence-electron chi connectivity index (χ1n) is 10.2. The number of aromatic nitrogens is 8. The Morgan fingerprint density at radius 2 is 1.84 bits per heavy atom. The third-order valence-electron chi connectivity index (χ3n) is 5.00. The monoisotopic (exact) mass is 435 g/mol. The van der Waals surface area contributed by atoms with Crippen LogP contribution in [-0.2, 0) is 11.3 Å². The Bertz CT molecular complexity index is 1210. The Labute approximate surface area is 182 Å². The Morgan fingerprint density at radius 1 is 1.09 bits per heavy atom. The molecule has 2 amide bonds. The number of amides is 2. The van der Waals surface area contributed by atoms with Gasteiger partial charge < -0.3 is 15.0 Å². The first-order valence-corrected chi connectivity index (χ1v) is 10.2. The highest BCUT2D eigenvalue weighted by atomic mass is 16.5. The van der Waals surface area contributed by atoms with Crippen molar-refractivity contribution in [2.24, 2.45) is 0 Å². The highest BCUT2D eigenvalue weighted by Crippen LogP contribution is 2.27. The Morgan fingerprint density at radius 3 is 2.56 bits per heavy atom. The lowest BCUT2D eigenvalue weighted by molar-refractivity contribution is 0.122. The number of benzene rings is 1. The van der Waals surface area contributed by atoms with Crippen molar-refractivity contribution in [1.29, 1.82) is 0 Å². The highest BCUT2D eigenvalue weighted by molar-refractivity contribution is 5.95. The number of rotatable bonds is 5. The van der Waals surface area contributed by atoms with E-state index in [9.17, 15) is 4.79 Å². The maximum absolute atomic E-state index is 12.1. The SMILES string of the molecule is CCn1nnc2c(N3CCOCC3)nc(-c3ccc(NC(=O)Nn4cnnc4)cc3)nc21. The summed E-state index contributed by atoms with van der Waals surface area (Å²) in [5.74, 6) is 1.32. The molecule has 1 aliphatic rings. The van der Waals surface area contributed by atoms with Crippen molar-refractivity contribution in [3.05, 3.63) is 36.9 Å². The summed E-state index contributed by atoms with van der Waals surface area (Å²) in [6, 6.07) is 6.89. The lowest BCUT2D eigenvalue weighted by Crippen LogP contribution is -2.37. The van der Waals surface area contributed by atoms with Crippen LogP contribution in [0.1, 0.15) is 6.92 Å². The molecule has 1 aliphatic heterocycles. The second-order valence-electron chi connectivity index (χ2n) is 7.06. The summed E-state index contributed by atoms with van der Waals surface area (Å²) in [5, 5.41) is 18.6. The van der Waals surface area contributed by atoms with Crippen molar-refractivity contribution < 1.29 is 9.53 Å². The molecule has 13 nitrogen and oxygen atoms in total. The smallest absolute Gasteiger partial charge is 0.338 e. The van der Waals surface area contributed by atoms with Gasteiger partial charge >= 0.3 is 6.03 Å². The van der Waals surface area contributed by atoms with E-state index in [1.165, 1.54) is 17.3 Å². The normalized spacial score (nSPS) is 14.0. The summed E-state index contributed by atoms with van der Waals surface area (Å²) in [6.07, 6.45) is 2.77. The molecule has 0 unspecified atom stereocenters. The number of fused-ring (bicyclic) bond motifs is 1. The van der Waals surface area contributed by atoms with E-state index in [4.69, 9.17) is 14.7 Å². The zero-order valence-corrected chi connectivity index (χ0v) is 17.3. The average molecular weight is 435 g/mol. The van der Waals surface area contributed by atoms with Gasteiger partial charge in [0.05, 0.1) is 13.2 Å². The number of aryl methyl sites for hydroxylation is 1. The molecule has 13 heteroatoms. The Balaban J connectivity index is 1.42. The molecule has 1 aromatic carbocycles. The van der Waals surface area contributed by atoms with E-state index in [0.29, 0.717) is 42.4 Å². The number of anilines is 2. The minimum atomic E-state index is -0.414. The van der Waals surface area contributed by atoms with Crippen LogP contribution in [-0.4, -0.2) is 72.2 Å². The number of carbonyl (C=O) groups is 1. The van der Waals surface area contributed by atoms with E-state index in [0.717, 1.165) is 24.5 Å². The third-order valence-corrected chi connectivity index (χ3v) is 5.00. The largest absolute Gasteiger partial charge is 0.378 e. The van der Waals surface area contributed by atoms with Gasteiger partial charge in [-0.05, 0) is 31.2 Å². The molecule has 0 saturated carbocycles. The van der Waals surface area contributed by atoms with Gasteiger partial charge in [0.15, 0.2) is 22.8 Å². The molecule has 0 spiro atoms. The van der Waals surface area contributed by atoms with E-state index in [2.05, 4.69) is 36.2 Å². The molecule has 4 heterocycles. The predicted molar refractivity (Wildman–Crippen MR) is 116 cm³/mol. The Hall–Kier alpha value is -4.13. The quantitative estimate of drug-likeness (QED) is 0.471. The standard InChI is InChI=1S/C19H21N11O2/c1-2-30-18-15(25-27-30)17(28-7-9-32-10-8-28)23-16(24-18)13-3-5-14(6-4-13)22-19(31)26-29-11-20-21-12-29/h3-6,11-12H,2,7-10H2,1H3,(H2,22,26,31). The van der Waals surface area contributed by atoms with Crippen LogP contribution in [0.3, 0.4) is 0 Å². The van der Waals surface area contributed by atoms with Gasteiger partial charge in [-0.15, -0.1) is 15.3 Å². The zero-order valence-electron chi connectivity index (χ0n) is 17.3. The highest BCUT2D eigenvalue weighted by Gasteiger charge is 2.21. The van der Waals surface area contributed by atoms with Crippen LogP contribution in [0.5, 0.6) is 0 Å². The van der Waals surface area contributed by atoms with Gasteiger partial charge in [-0.3, -0.25) is 0 Å². The number of nitrogens with one attached hydrogen (secondary N) is 2. The molecule has 5 rings (SSSR count). The second kappa shape index (κ2) is 8.55. The molecule has 164 valence electrons. The van der Waals surface area contributed by atoms with E-state index in [1.54, 1.807) is 16.8 Å². The maximum atomic E-state index is 12.1. The summed E-state index contributed by atoms with van der Waals surface area (Å²) in [5.41, 5.74) is 5.38. The summed E-state index contributed by atoms with van der Waals surface area (Å²) in [7, 11) is 0. The number of hydrogen-bond acceptors (Lipinski definition) is 9. The minimum absolute atomic E-state index is 0.414. The van der Waals surface area contributed by atoms with Crippen molar-refractivity contribution in [3.8, 4) is 11.4 Å². The molecule has 32 heavy (non-hydrogen) atoms. The summed E-state index contributed by atoms with van der Waals surface area (Å²) < 4.78 is 8.59. The first-order chi connectivity index (χ1) is 15.7. The fraction of sp³-hybridized carbons (Fsp3) is 0.316. The molecule has 1 saturated heterocycles. The topological polar surface area (TPSA) is 141 Å². The van der Waals surface area contributed by atoms with Gasteiger partial charge in [0.25, 0.3) is 0 Å². The summed E-state index contributed by atoms with van der Waals surface area (Å²) >= 11 is 0. The van der Waals surface area contributed by atoms with Gasteiger partial charge in [-0.1, -0.05) is 5.21 Å². The van der Waals surface area contributed by atoms with Crippen molar-refractivity contribution in [2.45, 2.75) is 13.5 Å². The van der Waals surface area contributed by atoms with Gasteiger partial charge in [-0.2, -0.15) is 0 Å². The zero-order chi connectivity index (χ0) is 21.9. The molecule has 0 atom stereocenters. The second-order valence-corrected chi connectivity index (χ2v) is 7.06. The average Bonchev–Trinajstić information content (AvgIpc) is 3.49. The fourth-order valence-corrected chi connectivity index (χ4v) is 3.42. The van der Waals surface area contributed by atoms with Gasteiger partial charge in [0, 0.05) is 30.9 Å². The Kier molecular flexibility index (Phi) is 5.29. The number of morpholine rings is 1. The summed E-state index contributed by atoms with van der Waals surface area (Å²) in [4.78, 5) is 23.8. The summed E-state index contributed by atoms with van der Waals surface area (Å²) in [6.45, 7) is 5.39. The molecule has 1 fully saturated rings. The third kappa shape index (κ3) is 3.92. The number of hydrogen-bond donors (Lipinski definition) is 2. The lowest BCUT2D eigenvalue weighted by atomic mass is 10.2. The van der Waals surface area contributed by atoms with Crippen LogP contribution in [0, 0.1) is 0 Å². The van der Waals surface area contributed by atoms with Gasteiger partial charge in [0.2, 0.25) is 0 Å². The van der Waals surface area contributed by atoms with Crippen LogP contribution in [0.15, 0.2) is 36.9 Å². The lowest BCUT2D eigenvalue weighted by Gasteiger charge is -2.27. The molecule has 3 aromatic heterocycles. The predicted octanol–water partition coefficient (Wildman–Crippen LogP) is 1.11. The fourth-order valence-electron chi connectivity index (χ4n) is 3.42. The molecule has 0 radical (unpaired) electrons. The number of carbonyl (C=O) groups excluding carboxylic acids is 1. The van der Waals surface area contributed by atoms with Crippen LogP contribution >= 0.6 is 0 Å². The molecule has 0 aliphatic carbocycles. The van der Waals surface area contributed by atoms with Gasteiger partial charge in [0.1, 0.15) is 12.7 Å². The van der Waals surface area contributed by atoms with E-state index >= 15 is 0 Å². The van der Waals surface area contributed by atoms with E-state index in [1.807, 2.05) is 19.1 Å².